The summed E-state index contributed by atoms with van der Waals surface area (Å²) in [6, 6.07) is 0. The van der Waals surface area contributed by atoms with Gasteiger partial charge >= 0.3 is 25.7 Å². The van der Waals surface area contributed by atoms with Gasteiger partial charge in [0, 0.05) is 0 Å². The first-order valence-electron chi connectivity index (χ1n) is 1.19. The molecule has 0 aromatic carbocycles. The van der Waals surface area contributed by atoms with Crippen molar-refractivity contribution in [2.45, 2.75) is 0 Å². The van der Waals surface area contributed by atoms with Crippen LogP contribution in [0.25, 0.3) is 0 Å². The van der Waals surface area contributed by atoms with E-state index in [1.54, 1.807) is 0 Å². The Labute approximate surface area is 54.8 Å². The zero-order valence-electron chi connectivity index (χ0n) is 3.38. The molecule has 0 saturated heterocycles. The van der Waals surface area contributed by atoms with Crippen molar-refractivity contribution in [2.75, 3.05) is 0 Å². The van der Waals surface area contributed by atoms with Gasteiger partial charge in [0.1, 0.15) is 0 Å². The molecule has 0 radical (unpaired) electrons. The molecule has 0 saturated carbocycles. The van der Waals surface area contributed by atoms with Crippen molar-refractivity contribution in [3.05, 3.63) is 0 Å². The van der Waals surface area contributed by atoms with Crippen LogP contribution in [0.2, 0.25) is 0 Å². The van der Waals surface area contributed by atoms with Crippen molar-refractivity contribution in [3.63, 3.8) is 0 Å². The van der Waals surface area contributed by atoms with E-state index >= 15 is 0 Å². The third-order valence-corrected chi connectivity index (χ3v) is 0. The Kier molecular flexibility index (Phi) is 13.5. The molecule has 0 spiro atoms. The molecule has 6 heteroatoms. The molecule has 0 amide bonds. The molecule has 0 unspecified atom stereocenters. The Hall–Kier alpha value is 0.00429. The maximum absolute atomic E-state index is 8.50. The summed E-state index contributed by atoms with van der Waals surface area (Å²) in [4.78, 5) is 0. The molecule has 7 heavy (non-hydrogen) atoms. The first-order valence-corrected chi connectivity index (χ1v) is 2.87. The van der Waals surface area contributed by atoms with Crippen LogP contribution in [0.5, 0.6) is 0 Å². The van der Waals surface area contributed by atoms with Crippen molar-refractivity contribution in [2.24, 2.45) is 11.5 Å². The van der Waals surface area contributed by atoms with Crippen molar-refractivity contribution in [3.8, 4) is 0 Å². The Bertz CT molecular complexity index is 83.7. The van der Waals surface area contributed by atoms with Gasteiger partial charge in [-0.15, -0.1) is 0 Å². The van der Waals surface area contributed by atoms with E-state index in [0.717, 1.165) is 0 Å². The molecule has 0 fully saturated rings. The van der Waals surface area contributed by atoms with E-state index in [4.69, 9.17) is 6.65 Å². The van der Waals surface area contributed by atoms with Crippen LogP contribution in [0.3, 0.4) is 0 Å². The number of nitrogens with two attached hydrogens (primary N) is 2. The van der Waals surface area contributed by atoms with Gasteiger partial charge in [-0.3, -0.25) is 0 Å². The van der Waals surface area contributed by atoms with E-state index in [-0.39, 0.29) is 5.11 Å². The molecule has 0 atom stereocenters. The Balaban J connectivity index is 0. The molecule has 0 aliphatic rings. The van der Waals surface area contributed by atoms with Gasteiger partial charge in [0.05, 0.1) is 0 Å². The summed E-state index contributed by atoms with van der Waals surface area (Å²) in [5, 5.41) is 0.000000000000000222. The predicted octanol–water partition coefficient (Wildman–Crippen LogP) is -1.05. The molecule has 4 N–H and O–H groups in total. The molecule has 0 aromatic rings. The standard InChI is InChI=1S/CH4N2S.2O.Ti/c2-1(3)4;;;/h(H4,2,3,4);;;. The number of hydrogen-bond acceptors (Lipinski definition) is 3. The molecule has 0 aliphatic carbocycles. The summed E-state index contributed by atoms with van der Waals surface area (Å²) in [6.07, 6.45) is 0. The van der Waals surface area contributed by atoms with Gasteiger partial charge < -0.3 is 11.5 Å². The summed E-state index contributed by atoms with van der Waals surface area (Å²) in [5.74, 6) is 0. The third-order valence-electron chi connectivity index (χ3n) is 0. The number of rotatable bonds is 0. The van der Waals surface area contributed by atoms with Crippen LogP contribution in [0, 0.1) is 0 Å². The SMILES string of the molecule is NC(N)=S.[O]=[Ti]=[O]. The van der Waals surface area contributed by atoms with Gasteiger partial charge in [-0.2, -0.15) is 0 Å². The average molecular weight is 156 g/mol. The number of thiocarbonyl (C=S) groups is 1. The molecular formula is CH4N2O2STi. The Morgan fingerprint density at radius 2 is 1.43 bits per heavy atom. The molecule has 0 heterocycles. The van der Waals surface area contributed by atoms with Crippen molar-refractivity contribution in [1.82, 2.24) is 0 Å². The molecule has 0 bridgehead atoms. The summed E-state index contributed by atoms with van der Waals surface area (Å²) in [5.41, 5.74) is 9.24. The van der Waals surface area contributed by atoms with Crippen LogP contribution in [-0.2, 0) is 25.7 Å². The predicted molar refractivity (Wildman–Crippen MR) is 22.3 cm³/mol. The zero-order valence-corrected chi connectivity index (χ0v) is 5.76. The van der Waals surface area contributed by atoms with Gasteiger partial charge in [0.15, 0.2) is 5.11 Å². The van der Waals surface area contributed by atoms with E-state index in [1.807, 2.05) is 0 Å². The Morgan fingerprint density at radius 1 is 1.43 bits per heavy atom. The van der Waals surface area contributed by atoms with Crippen LogP contribution in [0.1, 0.15) is 0 Å². The van der Waals surface area contributed by atoms with Crippen LogP contribution in [-0.4, -0.2) is 5.11 Å². The van der Waals surface area contributed by atoms with Crippen LogP contribution < -0.4 is 11.5 Å². The monoisotopic (exact) mass is 156 g/mol. The second kappa shape index (κ2) is 9.38. The summed E-state index contributed by atoms with van der Waals surface area (Å²) in [6.45, 7) is 0. The van der Waals surface area contributed by atoms with Crippen molar-refractivity contribution < 1.29 is 25.7 Å². The van der Waals surface area contributed by atoms with E-state index in [9.17, 15) is 0 Å². The van der Waals surface area contributed by atoms with E-state index in [1.165, 1.54) is 0 Å². The molecule has 40 valence electrons. The van der Waals surface area contributed by atoms with E-state index < -0.39 is 19.1 Å². The average Bonchev–Trinajstić information content (AvgIpc) is 1.33. The minimum atomic E-state index is -2.00. The fourth-order valence-corrected chi connectivity index (χ4v) is 0. The maximum atomic E-state index is 8.50. The van der Waals surface area contributed by atoms with Crippen LogP contribution in [0.4, 0.5) is 0 Å². The van der Waals surface area contributed by atoms with Gasteiger partial charge in [-0.05, 0) is 12.2 Å². The van der Waals surface area contributed by atoms with Gasteiger partial charge in [0.2, 0.25) is 0 Å². The summed E-state index contributed by atoms with van der Waals surface area (Å²) >= 11 is 2.09. The van der Waals surface area contributed by atoms with E-state index in [2.05, 4.69) is 23.7 Å². The molecular weight excluding hydrogens is 152 g/mol. The second-order valence-corrected chi connectivity index (χ2v) is 1.22. The van der Waals surface area contributed by atoms with Gasteiger partial charge in [0.25, 0.3) is 0 Å². The fraction of sp³-hybridized carbons (Fsp3) is 0. The molecule has 4 nitrogen and oxygen atoms in total. The zero-order chi connectivity index (χ0) is 6.28. The fourth-order valence-electron chi connectivity index (χ4n) is 0. The Morgan fingerprint density at radius 3 is 1.43 bits per heavy atom. The number of hydrogen-bond donors (Lipinski definition) is 2. The normalized spacial score (nSPS) is 4.57. The van der Waals surface area contributed by atoms with Gasteiger partial charge in [-0.1, -0.05) is 0 Å². The van der Waals surface area contributed by atoms with Gasteiger partial charge in [-0.25, -0.2) is 0 Å². The first kappa shape index (κ1) is 10.1. The minimum absolute atomic E-state index is 0.000000000000000222. The van der Waals surface area contributed by atoms with Crippen LogP contribution >= 0.6 is 12.2 Å². The second-order valence-electron chi connectivity index (χ2n) is 0.486. The third kappa shape index (κ3) is 5240000. The molecule has 0 aromatic heterocycles. The van der Waals surface area contributed by atoms with Crippen molar-refractivity contribution >= 4 is 17.3 Å². The molecule has 0 rings (SSSR count). The molecule has 0 aliphatic heterocycles. The topological polar surface area (TPSA) is 86.2 Å². The van der Waals surface area contributed by atoms with Crippen molar-refractivity contribution in [1.29, 1.82) is 0 Å². The summed E-state index contributed by atoms with van der Waals surface area (Å²) in [7, 11) is 0. The quantitative estimate of drug-likeness (QED) is 0.345. The van der Waals surface area contributed by atoms with E-state index in [0.29, 0.717) is 0 Å². The first-order chi connectivity index (χ1) is 3.15. The van der Waals surface area contributed by atoms with Crippen LogP contribution in [0.15, 0.2) is 0 Å². The summed E-state index contributed by atoms with van der Waals surface area (Å²) < 4.78 is 17.0.